The Labute approximate surface area is 127 Å². The van der Waals surface area contributed by atoms with E-state index in [4.69, 9.17) is 0 Å². The van der Waals surface area contributed by atoms with Gasteiger partial charge in [0.05, 0.1) is 10.7 Å². The third-order valence-electron chi connectivity index (χ3n) is 3.40. The molecule has 0 spiro atoms. The number of hydrogen-bond acceptors (Lipinski definition) is 3. The molecule has 19 heavy (non-hydrogen) atoms. The number of aryl methyl sites for hydroxylation is 3. The zero-order valence-electron chi connectivity index (χ0n) is 11.7. The SMILES string of the molecule is CNC(Cc1nc(C)c(C)s1)c1ccc(C)c(Br)c1. The maximum atomic E-state index is 4.63. The van der Waals surface area contributed by atoms with Crippen LogP contribution in [0, 0.1) is 20.8 Å². The smallest absolute Gasteiger partial charge is 0.0949 e. The monoisotopic (exact) mass is 338 g/mol. The van der Waals surface area contributed by atoms with Crippen molar-refractivity contribution in [3.8, 4) is 0 Å². The number of nitrogens with one attached hydrogen (secondary N) is 1. The topological polar surface area (TPSA) is 24.9 Å². The average Bonchev–Trinajstić information content (AvgIpc) is 2.69. The van der Waals surface area contributed by atoms with Gasteiger partial charge in [0.15, 0.2) is 0 Å². The molecule has 1 heterocycles. The Morgan fingerprint density at radius 2 is 2.05 bits per heavy atom. The van der Waals surface area contributed by atoms with Crippen LogP contribution in [0.15, 0.2) is 22.7 Å². The zero-order chi connectivity index (χ0) is 14.0. The number of thiazole rings is 1. The number of likely N-dealkylation sites (N-methyl/N-ethyl adjacent to an activating group) is 1. The van der Waals surface area contributed by atoms with Crippen LogP contribution in [0.2, 0.25) is 0 Å². The molecule has 1 N–H and O–H groups in total. The van der Waals surface area contributed by atoms with Crippen molar-refractivity contribution >= 4 is 27.3 Å². The molecule has 0 fully saturated rings. The van der Waals surface area contributed by atoms with Crippen LogP contribution < -0.4 is 5.32 Å². The van der Waals surface area contributed by atoms with Gasteiger partial charge >= 0.3 is 0 Å². The van der Waals surface area contributed by atoms with Gasteiger partial charge < -0.3 is 5.32 Å². The summed E-state index contributed by atoms with van der Waals surface area (Å²) in [7, 11) is 2.01. The predicted molar refractivity (Wildman–Crippen MR) is 86.0 cm³/mol. The molecule has 102 valence electrons. The van der Waals surface area contributed by atoms with E-state index in [1.165, 1.54) is 21.0 Å². The Kier molecular flexibility index (Phi) is 4.76. The second-order valence-corrected chi connectivity index (χ2v) is 6.95. The number of hydrogen-bond donors (Lipinski definition) is 1. The summed E-state index contributed by atoms with van der Waals surface area (Å²) in [4.78, 5) is 5.95. The van der Waals surface area contributed by atoms with Gasteiger partial charge in [-0.1, -0.05) is 28.1 Å². The van der Waals surface area contributed by atoms with E-state index in [0.29, 0.717) is 6.04 Å². The van der Waals surface area contributed by atoms with Crippen LogP contribution in [0.25, 0.3) is 0 Å². The summed E-state index contributed by atoms with van der Waals surface area (Å²) in [5.74, 6) is 0. The third-order valence-corrected chi connectivity index (χ3v) is 5.35. The molecular weight excluding hydrogens is 320 g/mol. The van der Waals surface area contributed by atoms with Gasteiger partial charge in [-0.25, -0.2) is 4.98 Å². The minimum atomic E-state index is 0.307. The fraction of sp³-hybridized carbons (Fsp3) is 0.400. The number of aromatic nitrogens is 1. The van der Waals surface area contributed by atoms with E-state index in [1.54, 1.807) is 11.3 Å². The van der Waals surface area contributed by atoms with Crippen molar-refractivity contribution in [2.24, 2.45) is 0 Å². The van der Waals surface area contributed by atoms with Crippen LogP contribution in [0.4, 0.5) is 0 Å². The van der Waals surface area contributed by atoms with E-state index < -0.39 is 0 Å². The van der Waals surface area contributed by atoms with Crippen LogP contribution in [-0.2, 0) is 6.42 Å². The first kappa shape index (κ1) is 14.7. The van der Waals surface area contributed by atoms with Crippen molar-refractivity contribution in [3.05, 3.63) is 49.4 Å². The number of benzene rings is 1. The molecule has 2 nitrogen and oxygen atoms in total. The molecule has 0 amide bonds. The van der Waals surface area contributed by atoms with Gasteiger partial charge in [0.1, 0.15) is 0 Å². The minimum absolute atomic E-state index is 0.307. The van der Waals surface area contributed by atoms with Crippen LogP contribution in [0.1, 0.15) is 32.7 Å². The average molecular weight is 339 g/mol. The Morgan fingerprint density at radius 3 is 2.58 bits per heavy atom. The highest BCUT2D eigenvalue weighted by atomic mass is 79.9. The van der Waals surface area contributed by atoms with Crippen molar-refractivity contribution in [1.82, 2.24) is 10.3 Å². The molecule has 0 aliphatic rings. The van der Waals surface area contributed by atoms with Crippen molar-refractivity contribution in [2.45, 2.75) is 33.2 Å². The molecule has 2 rings (SSSR count). The largest absolute Gasteiger partial charge is 0.313 e. The Balaban J connectivity index is 2.22. The van der Waals surface area contributed by atoms with Crippen LogP contribution in [0.3, 0.4) is 0 Å². The predicted octanol–water partition coefficient (Wildman–Crippen LogP) is 4.33. The molecule has 4 heteroatoms. The van der Waals surface area contributed by atoms with Crippen LogP contribution in [-0.4, -0.2) is 12.0 Å². The summed E-state index contributed by atoms with van der Waals surface area (Å²) in [6, 6.07) is 6.85. The van der Waals surface area contributed by atoms with Gasteiger partial charge in [-0.2, -0.15) is 0 Å². The maximum Gasteiger partial charge on any atom is 0.0949 e. The highest BCUT2D eigenvalue weighted by Crippen LogP contribution is 2.26. The van der Waals surface area contributed by atoms with E-state index in [2.05, 4.69) is 65.2 Å². The lowest BCUT2D eigenvalue weighted by Crippen LogP contribution is -2.18. The first-order valence-electron chi connectivity index (χ1n) is 6.37. The summed E-state index contributed by atoms with van der Waals surface area (Å²) < 4.78 is 1.16. The molecule has 1 aromatic carbocycles. The Morgan fingerprint density at radius 1 is 1.32 bits per heavy atom. The van der Waals surface area contributed by atoms with Crippen molar-refractivity contribution < 1.29 is 0 Å². The Bertz CT molecular complexity index is 558. The standard InChI is InChI=1S/C15H19BrN2S/c1-9-5-6-12(7-13(9)16)14(17-4)8-15-18-10(2)11(3)19-15/h5-7,14,17H,8H2,1-4H3. The fourth-order valence-corrected chi connectivity index (χ4v) is 3.39. The van der Waals surface area contributed by atoms with E-state index in [-0.39, 0.29) is 0 Å². The van der Waals surface area contributed by atoms with Gasteiger partial charge in [0.2, 0.25) is 0 Å². The summed E-state index contributed by atoms with van der Waals surface area (Å²) in [5, 5.41) is 4.59. The highest BCUT2D eigenvalue weighted by molar-refractivity contribution is 9.10. The first-order valence-corrected chi connectivity index (χ1v) is 7.98. The molecule has 1 unspecified atom stereocenters. The molecule has 2 aromatic rings. The molecule has 0 aliphatic heterocycles. The summed E-state index contributed by atoms with van der Waals surface area (Å²) >= 11 is 5.40. The number of rotatable bonds is 4. The van der Waals surface area contributed by atoms with Crippen LogP contribution >= 0.6 is 27.3 Å². The van der Waals surface area contributed by atoms with Gasteiger partial charge in [-0.05, 0) is 45.0 Å². The quantitative estimate of drug-likeness (QED) is 0.897. The van der Waals surface area contributed by atoms with E-state index >= 15 is 0 Å². The summed E-state index contributed by atoms with van der Waals surface area (Å²) in [6.45, 7) is 6.31. The fourth-order valence-electron chi connectivity index (χ4n) is 2.01. The van der Waals surface area contributed by atoms with Crippen molar-refractivity contribution in [2.75, 3.05) is 7.05 Å². The molecule has 0 bridgehead atoms. The summed E-state index contributed by atoms with van der Waals surface area (Å²) in [5.41, 5.74) is 3.71. The molecule has 0 radical (unpaired) electrons. The van der Waals surface area contributed by atoms with E-state index in [9.17, 15) is 0 Å². The lowest BCUT2D eigenvalue weighted by atomic mass is 10.0. The second-order valence-electron chi connectivity index (χ2n) is 4.80. The highest BCUT2D eigenvalue weighted by Gasteiger charge is 2.14. The normalized spacial score (nSPS) is 12.7. The van der Waals surface area contributed by atoms with Crippen molar-refractivity contribution in [3.63, 3.8) is 0 Å². The number of halogens is 1. The third kappa shape index (κ3) is 3.44. The molecule has 1 atom stereocenters. The molecule has 1 aromatic heterocycles. The Hall–Kier alpha value is -0.710. The first-order chi connectivity index (χ1) is 9.01. The molecule has 0 saturated heterocycles. The van der Waals surface area contributed by atoms with Crippen LogP contribution in [0.5, 0.6) is 0 Å². The van der Waals surface area contributed by atoms with E-state index in [0.717, 1.165) is 16.6 Å². The number of nitrogens with zero attached hydrogens (tertiary/aromatic N) is 1. The van der Waals surface area contributed by atoms with E-state index in [1.807, 2.05) is 7.05 Å². The van der Waals surface area contributed by atoms with Gasteiger partial charge in [-0.3, -0.25) is 0 Å². The lowest BCUT2D eigenvalue weighted by Gasteiger charge is -2.16. The van der Waals surface area contributed by atoms with Gasteiger partial charge in [0, 0.05) is 21.8 Å². The maximum absolute atomic E-state index is 4.63. The summed E-state index contributed by atoms with van der Waals surface area (Å²) in [6.07, 6.45) is 0.936. The molecule has 0 saturated carbocycles. The minimum Gasteiger partial charge on any atom is -0.313 e. The van der Waals surface area contributed by atoms with Gasteiger partial charge in [0.25, 0.3) is 0 Å². The lowest BCUT2D eigenvalue weighted by molar-refractivity contribution is 0.589. The zero-order valence-corrected chi connectivity index (χ0v) is 14.2. The second kappa shape index (κ2) is 6.16. The molecular formula is C15H19BrN2S. The van der Waals surface area contributed by atoms with Crippen molar-refractivity contribution in [1.29, 1.82) is 0 Å². The van der Waals surface area contributed by atoms with Gasteiger partial charge in [-0.15, -0.1) is 11.3 Å². The molecule has 0 aliphatic carbocycles.